The first-order valence-corrected chi connectivity index (χ1v) is 3.81. The van der Waals surface area contributed by atoms with Crippen molar-refractivity contribution in [3.8, 4) is 0 Å². The average molecular weight is 163 g/mol. The van der Waals surface area contributed by atoms with E-state index in [0.29, 0.717) is 13.0 Å². The molecule has 1 nitrogen and oxygen atoms in total. The maximum atomic E-state index is 12.8. The van der Waals surface area contributed by atoms with Crippen LogP contribution in [0.2, 0.25) is 0 Å². The molecule has 0 aliphatic heterocycles. The van der Waals surface area contributed by atoms with Crippen molar-refractivity contribution < 1.29 is 4.39 Å². The Kier molecular flexibility index (Phi) is 2.82. The van der Waals surface area contributed by atoms with Crippen molar-refractivity contribution in [2.24, 2.45) is 0 Å². The van der Waals surface area contributed by atoms with Gasteiger partial charge in [-0.25, -0.2) is 11.0 Å². The van der Waals surface area contributed by atoms with Crippen molar-refractivity contribution in [3.05, 3.63) is 46.6 Å². The summed E-state index contributed by atoms with van der Waals surface area (Å²) in [5.74, 6) is -0.213. The predicted octanol–water partition coefficient (Wildman–Crippen LogP) is 2.60. The number of halogens is 1. The Balaban J connectivity index is 2.80. The minimum Gasteiger partial charge on any atom is -0.317 e. The van der Waals surface area contributed by atoms with Crippen LogP contribution in [0.4, 0.5) is 4.39 Å². The Morgan fingerprint density at radius 3 is 2.75 bits per heavy atom. The summed E-state index contributed by atoms with van der Waals surface area (Å²) in [6.45, 7) is 8.88. The molecule has 0 saturated carbocycles. The van der Waals surface area contributed by atoms with Gasteiger partial charge in [-0.2, -0.15) is 0 Å². The predicted molar refractivity (Wildman–Crippen MR) is 46.3 cm³/mol. The third-order valence-corrected chi connectivity index (χ3v) is 1.61. The maximum absolute atomic E-state index is 12.8. The number of aryl methyl sites for hydroxylation is 1. The van der Waals surface area contributed by atoms with Gasteiger partial charge in [0.2, 0.25) is 6.54 Å². The van der Waals surface area contributed by atoms with Gasteiger partial charge in [0.15, 0.2) is 0 Å². The highest BCUT2D eigenvalue weighted by atomic mass is 19.1. The summed E-state index contributed by atoms with van der Waals surface area (Å²) in [5, 5.41) is 0. The van der Waals surface area contributed by atoms with Gasteiger partial charge in [-0.1, -0.05) is 6.07 Å². The Labute approximate surface area is 71.7 Å². The van der Waals surface area contributed by atoms with Gasteiger partial charge in [0.25, 0.3) is 0 Å². The Hall–Kier alpha value is -1.36. The molecule has 0 atom stereocenters. The van der Waals surface area contributed by atoms with E-state index in [1.807, 2.05) is 13.0 Å². The fourth-order valence-corrected chi connectivity index (χ4v) is 1.14. The summed E-state index contributed by atoms with van der Waals surface area (Å²) in [7, 11) is 0. The summed E-state index contributed by atoms with van der Waals surface area (Å²) < 4.78 is 12.8. The van der Waals surface area contributed by atoms with Crippen LogP contribution in [0, 0.1) is 19.3 Å². The minimum absolute atomic E-state index is 0.213. The first-order valence-electron chi connectivity index (χ1n) is 3.81. The highest BCUT2D eigenvalue weighted by Gasteiger charge is 1.98. The standard InChI is InChI=1S/C10H10FN/c1-8-5-9(3-4-12-2)7-10(11)6-8/h5-7H,3-4H2,1H3. The molecule has 0 unspecified atom stereocenters. The summed E-state index contributed by atoms with van der Waals surface area (Å²) in [5.41, 5.74) is 1.82. The lowest BCUT2D eigenvalue weighted by Gasteiger charge is -1.98. The quantitative estimate of drug-likeness (QED) is 0.590. The number of nitrogens with zero attached hydrogens (tertiary/aromatic N) is 1. The van der Waals surface area contributed by atoms with E-state index in [2.05, 4.69) is 4.85 Å². The van der Waals surface area contributed by atoms with Gasteiger partial charge >= 0.3 is 0 Å². The van der Waals surface area contributed by atoms with E-state index in [1.165, 1.54) is 12.1 Å². The summed E-state index contributed by atoms with van der Waals surface area (Å²) in [4.78, 5) is 3.22. The molecule has 0 spiro atoms. The van der Waals surface area contributed by atoms with Gasteiger partial charge in [0.05, 0.1) is 0 Å². The van der Waals surface area contributed by atoms with Crippen LogP contribution >= 0.6 is 0 Å². The zero-order valence-corrected chi connectivity index (χ0v) is 6.97. The second-order valence-electron chi connectivity index (χ2n) is 2.77. The fraction of sp³-hybridized carbons (Fsp3) is 0.300. The van der Waals surface area contributed by atoms with E-state index in [0.717, 1.165) is 11.1 Å². The lowest BCUT2D eigenvalue weighted by atomic mass is 10.1. The van der Waals surface area contributed by atoms with E-state index >= 15 is 0 Å². The Morgan fingerprint density at radius 2 is 2.17 bits per heavy atom. The van der Waals surface area contributed by atoms with Crippen molar-refractivity contribution in [1.82, 2.24) is 0 Å². The first kappa shape index (κ1) is 8.73. The number of rotatable bonds is 2. The second-order valence-corrected chi connectivity index (χ2v) is 2.77. The molecular formula is C10H10FN. The molecule has 0 fully saturated rings. The van der Waals surface area contributed by atoms with Crippen LogP contribution in [-0.4, -0.2) is 6.54 Å². The van der Waals surface area contributed by atoms with Crippen LogP contribution in [0.15, 0.2) is 18.2 Å². The topological polar surface area (TPSA) is 4.36 Å². The molecule has 62 valence electrons. The summed E-state index contributed by atoms with van der Waals surface area (Å²) in [6.07, 6.45) is 0.641. The van der Waals surface area contributed by atoms with E-state index in [-0.39, 0.29) is 5.82 Å². The van der Waals surface area contributed by atoms with E-state index in [4.69, 9.17) is 6.57 Å². The smallest absolute Gasteiger partial charge is 0.218 e. The van der Waals surface area contributed by atoms with Crippen LogP contribution in [-0.2, 0) is 6.42 Å². The molecule has 2 heteroatoms. The van der Waals surface area contributed by atoms with Crippen LogP contribution in [0.1, 0.15) is 11.1 Å². The second kappa shape index (κ2) is 3.87. The summed E-state index contributed by atoms with van der Waals surface area (Å²) >= 11 is 0. The number of benzene rings is 1. The maximum Gasteiger partial charge on any atom is 0.218 e. The molecule has 1 aromatic rings. The SMILES string of the molecule is [C-]#[N+]CCc1cc(C)cc(F)c1. The molecule has 1 aromatic carbocycles. The lowest BCUT2D eigenvalue weighted by molar-refractivity contribution is 0.624. The molecular weight excluding hydrogens is 153 g/mol. The van der Waals surface area contributed by atoms with Gasteiger partial charge in [-0.3, -0.25) is 0 Å². The van der Waals surface area contributed by atoms with Crippen molar-refractivity contribution in [2.45, 2.75) is 13.3 Å². The Morgan fingerprint density at radius 1 is 1.42 bits per heavy atom. The number of hydrogen-bond acceptors (Lipinski definition) is 0. The van der Waals surface area contributed by atoms with Crippen LogP contribution in [0.5, 0.6) is 0 Å². The van der Waals surface area contributed by atoms with Crippen LogP contribution < -0.4 is 0 Å². The molecule has 0 heterocycles. The van der Waals surface area contributed by atoms with Gasteiger partial charge < -0.3 is 4.85 Å². The van der Waals surface area contributed by atoms with Crippen LogP contribution in [0.3, 0.4) is 0 Å². The largest absolute Gasteiger partial charge is 0.317 e. The normalized spacial score (nSPS) is 9.42. The van der Waals surface area contributed by atoms with Crippen molar-refractivity contribution in [1.29, 1.82) is 0 Å². The third kappa shape index (κ3) is 2.35. The van der Waals surface area contributed by atoms with Crippen molar-refractivity contribution in [2.75, 3.05) is 6.54 Å². The monoisotopic (exact) mass is 163 g/mol. The van der Waals surface area contributed by atoms with Crippen molar-refractivity contribution >= 4 is 0 Å². The van der Waals surface area contributed by atoms with Crippen LogP contribution in [0.25, 0.3) is 4.85 Å². The zero-order chi connectivity index (χ0) is 8.97. The highest BCUT2D eigenvalue weighted by Crippen LogP contribution is 2.08. The average Bonchev–Trinajstić information content (AvgIpc) is 1.99. The molecule has 0 radical (unpaired) electrons. The highest BCUT2D eigenvalue weighted by molar-refractivity contribution is 5.23. The van der Waals surface area contributed by atoms with E-state index in [1.54, 1.807) is 0 Å². The molecule has 0 aliphatic rings. The molecule has 0 bridgehead atoms. The third-order valence-electron chi connectivity index (χ3n) is 1.61. The van der Waals surface area contributed by atoms with E-state index < -0.39 is 0 Å². The fourth-order valence-electron chi connectivity index (χ4n) is 1.14. The molecule has 0 saturated heterocycles. The molecule has 0 N–H and O–H groups in total. The Bertz CT molecular complexity index is 292. The number of hydrogen-bond donors (Lipinski definition) is 0. The zero-order valence-electron chi connectivity index (χ0n) is 6.97. The minimum atomic E-state index is -0.213. The molecule has 12 heavy (non-hydrogen) atoms. The summed E-state index contributed by atoms with van der Waals surface area (Å²) in [6, 6.07) is 4.88. The van der Waals surface area contributed by atoms with Gasteiger partial charge in [0, 0.05) is 6.42 Å². The molecule has 1 rings (SSSR count). The van der Waals surface area contributed by atoms with Gasteiger partial charge in [-0.15, -0.1) is 0 Å². The van der Waals surface area contributed by atoms with Gasteiger partial charge in [-0.05, 0) is 30.2 Å². The lowest BCUT2D eigenvalue weighted by Crippen LogP contribution is -1.90. The van der Waals surface area contributed by atoms with Gasteiger partial charge in [0.1, 0.15) is 5.82 Å². The molecule has 0 aromatic heterocycles. The van der Waals surface area contributed by atoms with E-state index in [9.17, 15) is 4.39 Å². The molecule has 0 amide bonds. The first-order chi connectivity index (χ1) is 5.72. The molecule has 0 aliphatic carbocycles. The van der Waals surface area contributed by atoms with Crippen molar-refractivity contribution in [3.63, 3.8) is 0 Å².